The Morgan fingerprint density at radius 1 is 1.21 bits per heavy atom. The Balaban J connectivity index is 4.23. The minimum atomic E-state index is -1.49. The lowest BCUT2D eigenvalue weighted by atomic mass is 9.91. The molecule has 0 heterocycles. The van der Waals surface area contributed by atoms with E-state index in [-0.39, 0.29) is 5.41 Å². The van der Waals surface area contributed by atoms with Crippen LogP contribution in [-0.2, 0) is 9.47 Å². The second-order valence-electron chi connectivity index (χ2n) is 4.52. The van der Waals surface area contributed by atoms with Crippen molar-refractivity contribution in [2.24, 2.45) is 11.1 Å². The van der Waals surface area contributed by atoms with Gasteiger partial charge < -0.3 is 20.3 Å². The second kappa shape index (κ2) is 5.66. The number of rotatable bonds is 6. The minimum absolute atomic E-state index is 0.0570. The van der Waals surface area contributed by atoms with Gasteiger partial charge in [0, 0.05) is 19.6 Å². The lowest BCUT2D eigenvalue weighted by Crippen LogP contribution is -2.41. The SMILES string of the molecule is CCOC(O)(CC(C)(C)C)OCCN. The van der Waals surface area contributed by atoms with Gasteiger partial charge in [-0.2, -0.15) is 0 Å². The Morgan fingerprint density at radius 2 is 1.79 bits per heavy atom. The van der Waals surface area contributed by atoms with Gasteiger partial charge in [-0.15, -0.1) is 0 Å². The van der Waals surface area contributed by atoms with Crippen molar-refractivity contribution in [1.82, 2.24) is 0 Å². The van der Waals surface area contributed by atoms with Crippen molar-refractivity contribution in [1.29, 1.82) is 0 Å². The molecule has 0 rings (SSSR count). The van der Waals surface area contributed by atoms with Crippen molar-refractivity contribution < 1.29 is 14.6 Å². The van der Waals surface area contributed by atoms with Crippen LogP contribution in [-0.4, -0.2) is 30.8 Å². The van der Waals surface area contributed by atoms with Crippen LogP contribution >= 0.6 is 0 Å². The Kier molecular flexibility index (Phi) is 5.59. The zero-order valence-corrected chi connectivity index (χ0v) is 9.67. The maximum Gasteiger partial charge on any atom is 0.280 e. The van der Waals surface area contributed by atoms with Crippen molar-refractivity contribution in [3.8, 4) is 0 Å². The molecule has 3 N–H and O–H groups in total. The largest absolute Gasteiger partial charge is 0.343 e. The molecular formula is C10H23NO3. The summed E-state index contributed by atoms with van der Waals surface area (Å²) in [6.45, 7) is 8.96. The quantitative estimate of drug-likeness (QED) is 0.637. The fourth-order valence-electron chi connectivity index (χ4n) is 1.26. The lowest BCUT2D eigenvalue weighted by Gasteiger charge is -2.33. The van der Waals surface area contributed by atoms with E-state index in [4.69, 9.17) is 15.2 Å². The van der Waals surface area contributed by atoms with Gasteiger partial charge in [-0.05, 0) is 12.3 Å². The number of ether oxygens (including phenoxy) is 2. The van der Waals surface area contributed by atoms with Gasteiger partial charge in [0.2, 0.25) is 0 Å². The summed E-state index contributed by atoms with van der Waals surface area (Å²) in [7, 11) is 0. The average Bonchev–Trinajstić information content (AvgIpc) is 1.98. The normalized spacial score (nSPS) is 16.7. The summed E-state index contributed by atoms with van der Waals surface area (Å²) >= 11 is 0. The third kappa shape index (κ3) is 6.32. The van der Waals surface area contributed by atoms with E-state index in [1.807, 2.05) is 27.7 Å². The molecule has 0 bridgehead atoms. The van der Waals surface area contributed by atoms with E-state index >= 15 is 0 Å². The Bertz CT molecular complexity index is 156. The molecule has 1 atom stereocenters. The molecule has 0 aliphatic heterocycles. The molecule has 1 unspecified atom stereocenters. The summed E-state index contributed by atoms with van der Waals surface area (Å²) in [4.78, 5) is 0. The van der Waals surface area contributed by atoms with Gasteiger partial charge in [0.1, 0.15) is 0 Å². The molecule has 0 aromatic heterocycles. The van der Waals surface area contributed by atoms with Crippen LogP contribution in [0.3, 0.4) is 0 Å². The van der Waals surface area contributed by atoms with Gasteiger partial charge in [0.25, 0.3) is 5.97 Å². The van der Waals surface area contributed by atoms with Gasteiger partial charge in [0.15, 0.2) is 0 Å². The molecular weight excluding hydrogens is 182 g/mol. The first kappa shape index (κ1) is 13.8. The first-order chi connectivity index (χ1) is 6.33. The zero-order chi connectivity index (χ0) is 11.2. The number of nitrogens with two attached hydrogens (primary N) is 1. The Morgan fingerprint density at radius 3 is 2.14 bits per heavy atom. The van der Waals surface area contributed by atoms with E-state index in [0.717, 1.165) is 0 Å². The Labute approximate surface area is 86.4 Å². The van der Waals surface area contributed by atoms with E-state index in [9.17, 15) is 5.11 Å². The van der Waals surface area contributed by atoms with Crippen LogP contribution in [0.15, 0.2) is 0 Å². The fraction of sp³-hybridized carbons (Fsp3) is 1.00. The molecule has 4 heteroatoms. The van der Waals surface area contributed by atoms with Gasteiger partial charge in [-0.3, -0.25) is 0 Å². The van der Waals surface area contributed by atoms with Crippen LogP contribution in [0.1, 0.15) is 34.1 Å². The molecule has 0 fully saturated rings. The number of aliphatic hydroxyl groups is 1. The molecule has 0 aromatic carbocycles. The monoisotopic (exact) mass is 205 g/mol. The van der Waals surface area contributed by atoms with Gasteiger partial charge in [-0.25, -0.2) is 0 Å². The van der Waals surface area contributed by atoms with Crippen LogP contribution in [0.2, 0.25) is 0 Å². The first-order valence-corrected chi connectivity index (χ1v) is 5.03. The van der Waals surface area contributed by atoms with Crippen LogP contribution < -0.4 is 5.73 Å². The molecule has 0 aliphatic carbocycles. The van der Waals surface area contributed by atoms with Crippen LogP contribution in [0, 0.1) is 5.41 Å². The van der Waals surface area contributed by atoms with Gasteiger partial charge in [-0.1, -0.05) is 20.8 Å². The molecule has 0 spiro atoms. The molecule has 0 aliphatic rings. The summed E-state index contributed by atoms with van der Waals surface area (Å²) in [6.07, 6.45) is 0.424. The van der Waals surface area contributed by atoms with Crippen molar-refractivity contribution in [3.05, 3.63) is 0 Å². The molecule has 0 saturated carbocycles. The summed E-state index contributed by atoms with van der Waals surface area (Å²) in [5.41, 5.74) is 5.25. The summed E-state index contributed by atoms with van der Waals surface area (Å²) in [6, 6.07) is 0. The highest BCUT2D eigenvalue weighted by Crippen LogP contribution is 2.28. The van der Waals surface area contributed by atoms with Gasteiger partial charge in [0.05, 0.1) is 6.61 Å². The third-order valence-corrected chi connectivity index (χ3v) is 1.57. The number of hydrogen-bond donors (Lipinski definition) is 2. The predicted molar refractivity (Wildman–Crippen MR) is 55.7 cm³/mol. The zero-order valence-electron chi connectivity index (χ0n) is 9.67. The predicted octanol–water partition coefficient (Wildman–Crippen LogP) is 1.08. The molecule has 0 saturated heterocycles. The fourth-order valence-corrected chi connectivity index (χ4v) is 1.26. The van der Waals surface area contributed by atoms with E-state index in [0.29, 0.717) is 26.2 Å². The van der Waals surface area contributed by atoms with E-state index in [1.54, 1.807) is 0 Å². The smallest absolute Gasteiger partial charge is 0.280 e. The summed E-state index contributed by atoms with van der Waals surface area (Å²) in [5.74, 6) is -1.49. The molecule has 0 aromatic rings. The van der Waals surface area contributed by atoms with Gasteiger partial charge >= 0.3 is 0 Å². The van der Waals surface area contributed by atoms with Crippen molar-refractivity contribution in [2.75, 3.05) is 19.8 Å². The Hall–Kier alpha value is -0.160. The van der Waals surface area contributed by atoms with E-state index in [2.05, 4.69) is 0 Å². The van der Waals surface area contributed by atoms with E-state index in [1.165, 1.54) is 0 Å². The maximum atomic E-state index is 9.98. The highest BCUT2D eigenvalue weighted by molar-refractivity contribution is 4.68. The maximum absolute atomic E-state index is 9.98. The highest BCUT2D eigenvalue weighted by atomic mass is 16.8. The summed E-state index contributed by atoms with van der Waals surface area (Å²) < 4.78 is 10.4. The van der Waals surface area contributed by atoms with Crippen molar-refractivity contribution in [3.63, 3.8) is 0 Å². The molecule has 0 amide bonds. The van der Waals surface area contributed by atoms with Crippen LogP contribution in [0.5, 0.6) is 0 Å². The summed E-state index contributed by atoms with van der Waals surface area (Å²) in [5, 5.41) is 9.98. The van der Waals surface area contributed by atoms with Crippen molar-refractivity contribution in [2.45, 2.75) is 40.1 Å². The molecule has 0 radical (unpaired) electrons. The van der Waals surface area contributed by atoms with Crippen molar-refractivity contribution >= 4 is 0 Å². The minimum Gasteiger partial charge on any atom is -0.343 e. The van der Waals surface area contributed by atoms with Crippen LogP contribution in [0.25, 0.3) is 0 Å². The van der Waals surface area contributed by atoms with Crippen LogP contribution in [0.4, 0.5) is 0 Å². The standard InChI is InChI=1S/C10H23NO3/c1-5-13-10(12,14-7-6-11)8-9(2,3)4/h12H,5-8,11H2,1-4H3. The molecule has 14 heavy (non-hydrogen) atoms. The third-order valence-electron chi connectivity index (χ3n) is 1.57. The lowest BCUT2D eigenvalue weighted by molar-refractivity contribution is -0.368. The topological polar surface area (TPSA) is 64.7 Å². The average molecular weight is 205 g/mol. The first-order valence-electron chi connectivity index (χ1n) is 5.03. The highest BCUT2D eigenvalue weighted by Gasteiger charge is 2.33. The molecule has 4 nitrogen and oxygen atoms in total. The van der Waals surface area contributed by atoms with E-state index < -0.39 is 5.97 Å². The second-order valence-corrected chi connectivity index (χ2v) is 4.52. The number of hydrogen-bond acceptors (Lipinski definition) is 4. The molecule has 86 valence electrons.